The first-order valence-corrected chi connectivity index (χ1v) is 4.78. The van der Waals surface area contributed by atoms with Gasteiger partial charge in [-0.15, -0.1) is 0 Å². The number of hydrogen-bond donors (Lipinski definition) is 2. The summed E-state index contributed by atoms with van der Waals surface area (Å²) in [5.74, 6) is -1.18. The Morgan fingerprint density at radius 3 is 2.79 bits per heavy atom. The van der Waals surface area contributed by atoms with Gasteiger partial charge in [-0.05, 0) is 26.4 Å². The van der Waals surface area contributed by atoms with E-state index in [1.807, 2.05) is 7.05 Å². The summed E-state index contributed by atoms with van der Waals surface area (Å²) in [6, 6.07) is 0.281. The Hall–Kier alpha value is -1.10. The van der Waals surface area contributed by atoms with Crippen LogP contribution in [0.1, 0.15) is 19.3 Å². The number of aliphatic carboxylic acids is 1. The molecule has 5 nitrogen and oxygen atoms in total. The van der Waals surface area contributed by atoms with E-state index in [0.717, 1.165) is 19.4 Å². The fourth-order valence-electron chi connectivity index (χ4n) is 1.70. The molecule has 0 unspecified atom stereocenters. The fraction of sp³-hybridized carbons (Fsp3) is 0.778. The third-order valence-corrected chi connectivity index (χ3v) is 2.53. The van der Waals surface area contributed by atoms with Crippen molar-refractivity contribution in [2.45, 2.75) is 25.3 Å². The highest BCUT2D eigenvalue weighted by Gasteiger charge is 2.23. The maximum Gasteiger partial charge on any atom is 0.322 e. The van der Waals surface area contributed by atoms with E-state index in [9.17, 15) is 9.59 Å². The van der Waals surface area contributed by atoms with E-state index in [-0.39, 0.29) is 18.5 Å². The van der Waals surface area contributed by atoms with Crippen molar-refractivity contribution in [3.8, 4) is 0 Å². The van der Waals surface area contributed by atoms with Crippen molar-refractivity contribution in [2.24, 2.45) is 0 Å². The second-order valence-corrected chi connectivity index (χ2v) is 3.65. The topological polar surface area (TPSA) is 69.6 Å². The fourth-order valence-corrected chi connectivity index (χ4v) is 1.70. The molecule has 0 radical (unpaired) electrons. The van der Waals surface area contributed by atoms with Gasteiger partial charge in [0, 0.05) is 12.5 Å². The number of nitrogens with one attached hydrogen (secondary N) is 1. The van der Waals surface area contributed by atoms with Crippen LogP contribution in [0, 0.1) is 0 Å². The Morgan fingerprint density at radius 1 is 1.57 bits per heavy atom. The third-order valence-electron chi connectivity index (χ3n) is 2.53. The van der Waals surface area contributed by atoms with E-state index in [0.29, 0.717) is 6.42 Å². The first-order valence-electron chi connectivity index (χ1n) is 4.78. The van der Waals surface area contributed by atoms with Gasteiger partial charge in [0.05, 0.1) is 0 Å². The highest BCUT2D eigenvalue weighted by molar-refractivity contribution is 5.81. The first kappa shape index (κ1) is 11.0. The van der Waals surface area contributed by atoms with Crippen LogP contribution in [0.5, 0.6) is 0 Å². The highest BCUT2D eigenvalue weighted by atomic mass is 16.4. The molecule has 0 aromatic rings. The van der Waals surface area contributed by atoms with Crippen LogP contribution in [-0.2, 0) is 9.59 Å². The summed E-state index contributed by atoms with van der Waals surface area (Å²) >= 11 is 0. The van der Waals surface area contributed by atoms with E-state index < -0.39 is 5.97 Å². The second kappa shape index (κ2) is 4.95. The first-order chi connectivity index (χ1) is 6.59. The SMILES string of the molecule is CN1CCC[C@H]1CC(=O)NCC(=O)O. The van der Waals surface area contributed by atoms with Crippen molar-refractivity contribution in [1.29, 1.82) is 0 Å². The number of carboxylic acids is 1. The molecular weight excluding hydrogens is 184 g/mol. The molecule has 1 amide bonds. The minimum atomic E-state index is -1.00. The van der Waals surface area contributed by atoms with Crippen LogP contribution in [-0.4, -0.2) is 48.1 Å². The molecule has 1 aliphatic heterocycles. The summed E-state index contributed by atoms with van der Waals surface area (Å²) in [6.45, 7) is 0.742. The van der Waals surface area contributed by atoms with Crippen LogP contribution in [0.15, 0.2) is 0 Å². The number of carbonyl (C=O) groups excluding carboxylic acids is 1. The average molecular weight is 200 g/mol. The molecular formula is C9H16N2O3. The summed E-state index contributed by atoms with van der Waals surface area (Å²) < 4.78 is 0. The second-order valence-electron chi connectivity index (χ2n) is 3.65. The van der Waals surface area contributed by atoms with Crippen LogP contribution < -0.4 is 5.32 Å². The highest BCUT2D eigenvalue weighted by Crippen LogP contribution is 2.17. The van der Waals surface area contributed by atoms with Crippen molar-refractivity contribution in [1.82, 2.24) is 10.2 Å². The monoisotopic (exact) mass is 200 g/mol. The normalized spacial score (nSPS) is 22.2. The Bertz CT molecular complexity index is 230. The smallest absolute Gasteiger partial charge is 0.322 e. The minimum Gasteiger partial charge on any atom is -0.480 e. The molecule has 1 rings (SSSR count). The van der Waals surface area contributed by atoms with Crippen LogP contribution in [0.3, 0.4) is 0 Å². The quantitative estimate of drug-likeness (QED) is 0.652. The molecule has 0 aromatic heterocycles. The van der Waals surface area contributed by atoms with Gasteiger partial charge < -0.3 is 15.3 Å². The van der Waals surface area contributed by atoms with Crippen LogP contribution in [0.2, 0.25) is 0 Å². The van der Waals surface area contributed by atoms with Crippen LogP contribution in [0.4, 0.5) is 0 Å². The standard InChI is InChI=1S/C9H16N2O3/c1-11-4-2-3-7(11)5-8(12)10-6-9(13)14/h7H,2-6H2,1H3,(H,10,12)(H,13,14)/t7-/m0/s1. The van der Waals surface area contributed by atoms with Crippen molar-refractivity contribution < 1.29 is 14.7 Å². The van der Waals surface area contributed by atoms with Crippen LogP contribution >= 0.6 is 0 Å². The van der Waals surface area contributed by atoms with E-state index in [4.69, 9.17) is 5.11 Å². The lowest BCUT2D eigenvalue weighted by Crippen LogP contribution is -2.35. The number of amides is 1. The molecule has 2 N–H and O–H groups in total. The number of rotatable bonds is 4. The van der Waals surface area contributed by atoms with Gasteiger partial charge in [0.15, 0.2) is 0 Å². The van der Waals surface area contributed by atoms with Gasteiger partial charge in [-0.1, -0.05) is 0 Å². The van der Waals surface area contributed by atoms with Gasteiger partial charge in [-0.25, -0.2) is 0 Å². The Kier molecular flexibility index (Phi) is 3.88. The van der Waals surface area contributed by atoms with Crippen LogP contribution in [0.25, 0.3) is 0 Å². The molecule has 1 saturated heterocycles. The van der Waals surface area contributed by atoms with Crippen molar-refractivity contribution in [3.05, 3.63) is 0 Å². The number of nitrogens with zero attached hydrogens (tertiary/aromatic N) is 1. The van der Waals surface area contributed by atoms with Gasteiger partial charge in [0.25, 0.3) is 0 Å². The Morgan fingerprint density at radius 2 is 2.29 bits per heavy atom. The molecule has 80 valence electrons. The largest absolute Gasteiger partial charge is 0.480 e. The summed E-state index contributed by atoms with van der Waals surface area (Å²) in [6.07, 6.45) is 2.55. The predicted molar refractivity (Wildman–Crippen MR) is 50.9 cm³/mol. The van der Waals surface area contributed by atoms with Gasteiger partial charge >= 0.3 is 5.97 Å². The molecule has 0 bridgehead atoms. The molecule has 0 aromatic carbocycles. The van der Waals surface area contributed by atoms with E-state index in [1.165, 1.54) is 0 Å². The molecule has 1 fully saturated rings. The number of hydrogen-bond acceptors (Lipinski definition) is 3. The number of carbonyl (C=O) groups is 2. The zero-order valence-electron chi connectivity index (χ0n) is 8.32. The van der Waals surface area contributed by atoms with E-state index in [1.54, 1.807) is 0 Å². The predicted octanol–water partition coefficient (Wildman–Crippen LogP) is -0.328. The minimum absolute atomic E-state index is 0.175. The van der Waals surface area contributed by atoms with E-state index in [2.05, 4.69) is 10.2 Å². The van der Waals surface area contributed by atoms with Crippen molar-refractivity contribution in [3.63, 3.8) is 0 Å². The lowest BCUT2D eigenvalue weighted by molar-refractivity contribution is -0.138. The Labute approximate surface area is 83.1 Å². The lowest BCUT2D eigenvalue weighted by atomic mass is 10.1. The Balaban J connectivity index is 2.22. The lowest BCUT2D eigenvalue weighted by Gasteiger charge is -2.18. The maximum absolute atomic E-state index is 11.2. The summed E-state index contributed by atoms with van der Waals surface area (Å²) in [5, 5.41) is 10.7. The summed E-state index contributed by atoms with van der Waals surface area (Å²) in [5.41, 5.74) is 0. The zero-order valence-corrected chi connectivity index (χ0v) is 8.32. The molecule has 1 heterocycles. The third kappa shape index (κ3) is 3.33. The number of carboxylic acid groups (broad SMARTS) is 1. The molecule has 0 aliphatic carbocycles. The summed E-state index contributed by atoms with van der Waals surface area (Å²) in [7, 11) is 1.99. The van der Waals surface area contributed by atoms with Crippen molar-refractivity contribution in [2.75, 3.05) is 20.1 Å². The van der Waals surface area contributed by atoms with E-state index >= 15 is 0 Å². The summed E-state index contributed by atoms with van der Waals surface area (Å²) in [4.78, 5) is 23.6. The van der Waals surface area contributed by atoms with Gasteiger partial charge in [-0.3, -0.25) is 9.59 Å². The molecule has 14 heavy (non-hydrogen) atoms. The number of likely N-dealkylation sites (tertiary alicyclic amines) is 1. The zero-order chi connectivity index (χ0) is 10.6. The average Bonchev–Trinajstić information content (AvgIpc) is 2.49. The molecule has 1 atom stereocenters. The molecule has 1 aliphatic rings. The van der Waals surface area contributed by atoms with Gasteiger partial charge in [-0.2, -0.15) is 0 Å². The molecule has 5 heteroatoms. The molecule has 0 saturated carbocycles. The van der Waals surface area contributed by atoms with Crippen molar-refractivity contribution >= 4 is 11.9 Å². The van der Waals surface area contributed by atoms with Gasteiger partial charge in [0.2, 0.25) is 5.91 Å². The maximum atomic E-state index is 11.2. The van der Waals surface area contributed by atoms with Gasteiger partial charge in [0.1, 0.15) is 6.54 Å². The molecule has 0 spiro atoms.